The fourth-order valence-electron chi connectivity index (χ4n) is 4.34. The Labute approximate surface area is 171 Å². The summed E-state index contributed by atoms with van der Waals surface area (Å²) in [5.41, 5.74) is -0.626. The predicted octanol–water partition coefficient (Wildman–Crippen LogP) is 5.04. The van der Waals surface area contributed by atoms with Crippen molar-refractivity contribution in [1.82, 2.24) is 19.7 Å². The van der Waals surface area contributed by atoms with Crippen LogP contribution < -0.4 is 0 Å². The number of carbonyl (C=O) groups is 1. The average molecular weight is 427 g/mol. The molecule has 1 aromatic heterocycles. The van der Waals surface area contributed by atoms with Crippen LogP contribution in [0, 0.1) is 0 Å². The number of aromatic nitrogens is 3. The first-order chi connectivity index (χ1) is 13.8. The molecule has 29 heavy (non-hydrogen) atoms. The van der Waals surface area contributed by atoms with Gasteiger partial charge >= 0.3 is 6.18 Å². The normalized spacial score (nSPS) is 20.8. The van der Waals surface area contributed by atoms with Crippen molar-refractivity contribution in [3.8, 4) is 0 Å². The number of fused-ring (bicyclic) bond motifs is 1. The molecule has 9 heteroatoms. The molecule has 0 radical (unpaired) electrons. The SMILES string of the molecule is C[C@H]1Cn2c(nnc2C2CCCCC2)C(=O)N1Cc1cccc(C(F)(F)F)c1Cl. The molecule has 1 amide bonds. The molecule has 5 nitrogen and oxygen atoms in total. The van der Waals surface area contributed by atoms with Crippen LogP contribution >= 0.6 is 11.6 Å². The number of hydrogen-bond donors (Lipinski definition) is 0. The van der Waals surface area contributed by atoms with Gasteiger partial charge in [-0.15, -0.1) is 10.2 Å². The molecule has 1 aliphatic heterocycles. The lowest BCUT2D eigenvalue weighted by Crippen LogP contribution is -2.46. The first-order valence-electron chi connectivity index (χ1n) is 9.86. The summed E-state index contributed by atoms with van der Waals surface area (Å²) in [5.74, 6) is 1.10. The number of hydrogen-bond acceptors (Lipinski definition) is 3. The first-order valence-corrected chi connectivity index (χ1v) is 10.2. The Morgan fingerprint density at radius 2 is 1.90 bits per heavy atom. The van der Waals surface area contributed by atoms with E-state index < -0.39 is 11.7 Å². The summed E-state index contributed by atoms with van der Waals surface area (Å²) >= 11 is 6.02. The zero-order chi connectivity index (χ0) is 20.8. The van der Waals surface area contributed by atoms with Gasteiger partial charge in [-0.05, 0) is 31.4 Å². The highest BCUT2D eigenvalue weighted by molar-refractivity contribution is 6.32. The van der Waals surface area contributed by atoms with Gasteiger partial charge in [0.2, 0.25) is 5.82 Å². The fraction of sp³-hybridized carbons (Fsp3) is 0.550. The van der Waals surface area contributed by atoms with Crippen LogP contribution in [0.3, 0.4) is 0 Å². The Hall–Kier alpha value is -2.09. The molecule has 156 valence electrons. The Bertz CT molecular complexity index is 921. The highest BCUT2D eigenvalue weighted by Crippen LogP contribution is 2.37. The van der Waals surface area contributed by atoms with Gasteiger partial charge in [0.25, 0.3) is 5.91 Å². The quantitative estimate of drug-likeness (QED) is 0.690. The molecule has 2 heterocycles. The maximum atomic E-state index is 13.2. The minimum atomic E-state index is -4.54. The topological polar surface area (TPSA) is 51.0 Å². The Balaban J connectivity index is 1.61. The van der Waals surface area contributed by atoms with Gasteiger partial charge in [0.05, 0.1) is 10.6 Å². The Morgan fingerprint density at radius 3 is 2.59 bits per heavy atom. The van der Waals surface area contributed by atoms with Crippen LogP contribution in [0.5, 0.6) is 0 Å². The maximum absolute atomic E-state index is 13.2. The number of nitrogens with zero attached hydrogens (tertiary/aromatic N) is 4. The number of benzene rings is 1. The summed E-state index contributed by atoms with van der Waals surface area (Å²) in [6.45, 7) is 2.40. The fourth-order valence-corrected chi connectivity index (χ4v) is 4.63. The van der Waals surface area contributed by atoms with Gasteiger partial charge in [0.1, 0.15) is 5.82 Å². The summed E-state index contributed by atoms with van der Waals surface area (Å²) in [7, 11) is 0. The van der Waals surface area contributed by atoms with E-state index in [4.69, 9.17) is 11.6 Å². The molecule has 0 unspecified atom stereocenters. The molecule has 1 saturated carbocycles. The molecule has 2 aliphatic rings. The molecule has 1 atom stereocenters. The van der Waals surface area contributed by atoms with Gasteiger partial charge in [-0.25, -0.2) is 0 Å². The third kappa shape index (κ3) is 3.74. The van der Waals surface area contributed by atoms with Crippen LogP contribution in [0.15, 0.2) is 18.2 Å². The third-order valence-corrected chi connectivity index (χ3v) is 6.35. The lowest BCUT2D eigenvalue weighted by Gasteiger charge is -2.35. The van der Waals surface area contributed by atoms with E-state index in [0.29, 0.717) is 12.5 Å². The van der Waals surface area contributed by atoms with E-state index >= 15 is 0 Å². The maximum Gasteiger partial charge on any atom is 0.417 e. The van der Waals surface area contributed by atoms with Crippen LogP contribution in [0.25, 0.3) is 0 Å². The summed E-state index contributed by atoms with van der Waals surface area (Å²) in [4.78, 5) is 14.6. The molecular formula is C20H22ClF3N4O. The molecule has 4 rings (SSSR count). The van der Waals surface area contributed by atoms with Gasteiger partial charge in [-0.1, -0.05) is 43.0 Å². The molecule has 2 aromatic rings. The standard InChI is InChI=1S/C20H22ClF3N4O/c1-12-10-28-17(13-6-3-2-4-7-13)25-26-18(28)19(29)27(12)11-14-8-5-9-15(16(14)21)20(22,23)24/h5,8-9,12-13H,2-4,6-7,10-11H2,1H3/t12-/m0/s1. The van der Waals surface area contributed by atoms with E-state index in [9.17, 15) is 18.0 Å². The van der Waals surface area contributed by atoms with Gasteiger partial charge < -0.3 is 9.47 Å². The highest BCUT2D eigenvalue weighted by Gasteiger charge is 2.37. The van der Waals surface area contributed by atoms with Crippen molar-refractivity contribution in [3.63, 3.8) is 0 Å². The van der Waals surface area contributed by atoms with E-state index in [-0.39, 0.29) is 34.9 Å². The van der Waals surface area contributed by atoms with Crippen LogP contribution in [0.2, 0.25) is 5.02 Å². The average Bonchev–Trinajstić information content (AvgIpc) is 3.10. The summed E-state index contributed by atoms with van der Waals surface area (Å²) in [6.07, 6.45) is 1.07. The Morgan fingerprint density at radius 1 is 1.17 bits per heavy atom. The molecule has 0 N–H and O–H groups in total. The molecular weight excluding hydrogens is 405 g/mol. The monoisotopic (exact) mass is 426 g/mol. The summed E-state index contributed by atoms with van der Waals surface area (Å²) in [6, 6.07) is 3.57. The van der Waals surface area contributed by atoms with E-state index in [2.05, 4.69) is 10.2 Å². The van der Waals surface area contributed by atoms with Crippen molar-refractivity contribution in [2.24, 2.45) is 0 Å². The van der Waals surface area contributed by atoms with Crippen molar-refractivity contribution in [2.45, 2.75) is 70.3 Å². The first kappa shape index (κ1) is 20.2. The largest absolute Gasteiger partial charge is 0.417 e. The minimum Gasteiger partial charge on any atom is -0.327 e. The second-order valence-electron chi connectivity index (χ2n) is 7.89. The number of alkyl halides is 3. The third-order valence-electron chi connectivity index (χ3n) is 5.91. The Kier molecular flexibility index (Phi) is 5.31. The lowest BCUT2D eigenvalue weighted by atomic mass is 9.88. The van der Waals surface area contributed by atoms with Gasteiger partial charge in [-0.3, -0.25) is 4.79 Å². The zero-order valence-corrected chi connectivity index (χ0v) is 16.8. The van der Waals surface area contributed by atoms with Crippen molar-refractivity contribution in [1.29, 1.82) is 0 Å². The molecule has 1 aliphatic carbocycles. The van der Waals surface area contributed by atoms with Crippen LogP contribution in [-0.2, 0) is 19.3 Å². The molecule has 0 bridgehead atoms. The van der Waals surface area contributed by atoms with Crippen LogP contribution in [0.4, 0.5) is 13.2 Å². The van der Waals surface area contributed by atoms with Crippen molar-refractivity contribution < 1.29 is 18.0 Å². The second kappa shape index (κ2) is 7.63. The van der Waals surface area contributed by atoms with Crippen LogP contribution in [0.1, 0.15) is 72.5 Å². The van der Waals surface area contributed by atoms with E-state index in [0.717, 1.165) is 37.6 Å². The highest BCUT2D eigenvalue weighted by atomic mass is 35.5. The van der Waals surface area contributed by atoms with E-state index in [1.807, 2.05) is 11.5 Å². The number of carbonyl (C=O) groups excluding carboxylic acids is 1. The summed E-state index contributed by atoms with van der Waals surface area (Å²) in [5, 5.41) is 8.06. The van der Waals surface area contributed by atoms with Gasteiger partial charge in [-0.2, -0.15) is 13.2 Å². The van der Waals surface area contributed by atoms with Gasteiger partial charge in [0.15, 0.2) is 0 Å². The van der Waals surface area contributed by atoms with Crippen molar-refractivity contribution in [3.05, 3.63) is 46.0 Å². The molecule has 1 fully saturated rings. The van der Waals surface area contributed by atoms with Crippen molar-refractivity contribution >= 4 is 17.5 Å². The van der Waals surface area contributed by atoms with E-state index in [1.54, 1.807) is 0 Å². The number of halogens is 4. The molecule has 0 saturated heterocycles. The molecule has 0 spiro atoms. The minimum absolute atomic E-state index is 0.00558. The predicted molar refractivity (Wildman–Crippen MR) is 102 cm³/mol. The number of rotatable bonds is 3. The number of amides is 1. The molecule has 1 aromatic carbocycles. The summed E-state index contributed by atoms with van der Waals surface area (Å²) < 4.78 is 41.3. The smallest absolute Gasteiger partial charge is 0.327 e. The van der Waals surface area contributed by atoms with Gasteiger partial charge in [0, 0.05) is 25.0 Å². The second-order valence-corrected chi connectivity index (χ2v) is 8.26. The zero-order valence-electron chi connectivity index (χ0n) is 16.0. The van der Waals surface area contributed by atoms with Crippen molar-refractivity contribution in [2.75, 3.05) is 0 Å². The van der Waals surface area contributed by atoms with E-state index in [1.165, 1.54) is 23.5 Å². The van der Waals surface area contributed by atoms with Crippen LogP contribution in [-0.4, -0.2) is 31.6 Å². The lowest BCUT2D eigenvalue weighted by molar-refractivity contribution is -0.137.